The third-order valence-electron chi connectivity index (χ3n) is 5.67. The van der Waals surface area contributed by atoms with E-state index in [2.05, 4.69) is 29.0 Å². The van der Waals surface area contributed by atoms with Crippen LogP contribution in [-0.2, 0) is 0 Å². The van der Waals surface area contributed by atoms with Crippen molar-refractivity contribution in [3.63, 3.8) is 0 Å². The summed E-state index contributed by atoms with van der Waals surface area (Å²) in [7, 11) is 1.62. The van der Waals surface area contributed by atoms with Crippen LogP contribution in [0.3, 0.4) is 0 Å². The third kappa shape index (κ3) is 4.91. The van der Waals surface area contributed by atoms with Gasteiger partial charge in [0.15, 0.2) is 0 Å². The molecule has 0 amide bonds. The topological polar surface area (TPSA) is 59.4 Å². The van der Waals surface area contributed by atoms with Crippen molar-refractivity contribution >= 4 is 27.2 Å². The van der Waals surface area contributed by atoms with Crippen molar-refractivity contribution in [2.45, 2.75) is 13.8 Å². The lowest BCUT2D eigenvalue weighted by atomic mass is 10.2. The number of hydrogen-bond donors (Lipinski definition) is 1. The largest absolute Gasteiger partial charge is 0.495 e. The number of nitrogens with zero attached hydrogens (tertiary/aromatic N) is 3. The van der Waals surface area contributed by atoms with Crippen molar-refractivity contribution in [3.8, 4) is 21.9 Å². The van der Waals surface area contributed by atoms with E-state index in [1.165, 1.54) is 34.4 Å². The van der Waals surface area contributed by atoms with Gasteiger partial charge in [0.05, 0.1) is 24.0 Å². The van der Waals surface area contributed by atoms with E-state index in [9.17, 15) is 9.18 Å². The molecule has 0 spiro atoms. The highest BCUT2D eigenvalue weighted by Crippen LogP contribution is 2.32. The SMILES string of the molecule is CCN(CC)CCNc1ccc(-n2cnc3cc(-c4ccc(F)cc4)sc3c2=O)cc1OC. The predicted octanol–water partition coefficient (Wildman–Crippen LogP) is 5.02. The minimum Gasteiger partial charge on any atom is -0.495 e. The smallest absolute Gasteiger partial charge is 0.275 e. The highest BCUT2D eigenvalue weighted by molar-refractivity contribution is 7.22. The predicted molar refractivity (Wildman–Crippen MR) is 133 cm³/mol. The molecule has 2 aromatic carbocycles. The Morgan fingerprint density at radius 3 is 2.58 bits per heavy atom. The molecule has 0 fully saturated rings. The lowest BCUT2D eigenvalue weighted by Crippen LogP contribution is -2.28. The molecule has 1 N–H and O–H groups in total. The van der Waals surface area contributed by atoms with E-state index in [-0.39, 0.29) is 11.4 Å². The number of halogens is 1. The first-order valence-electron chi connectivity index (χ1n) is 11.0. The van der Waals surface area contributed by atoms with Gasteiger partial charge in [-0.05, 0) is 49.0 Å². The van der Waals surface area contributed by atoms with E-state index in [4.69, 9.17) is 4.74 Å². The number of rotatable bonds is 9. The van der Waals surface area contributed by atoms with Gasteiger partial charge in [-0.25, -0.2) is 9.37 Å². The summed E-state index contributed by atoms with van der Waals surface area (Å²) in [6.07, 6.45) is 1.54. The molecule has 0 unspecified atom stereocenters. The van der Waals surface area contributed by atoms with E-state index in [0.717, 1.165) is 42.3 Å². The van der Waals surface area contributed by atoms with Crippen LogP contribution in [0.2, 0.25) is 0 Å². The number of nitrogens with one attached hydrogen (secondary N) is 1. The Hall–Kier alpha value is -3.23. The van der Waals surface area contributed by atoms with Gasteiger partial charge in [0, 0.05) is 24.0 Å². The van der Waals surface area contributed by atoms with Crippen LogP contribution in [0.1, 0.15) is 13.8 Å². The van der Waals surface area contributed by atoms with Crippen molar-refractivity contribution in [1.29, 1.82) is 0 Å². The molecule has 2 heterocycles. The summed E-state index contributed by atoms with van der Waals surface area (Å²) in [5, 5.41) is 3.42. The molecular weight excluding hydrogens is 439 g/mol. The summed E-state index contributed by atoms with van der Waals surface area (Å²) in [4.78, 5) is 20.9. The Bertz CT molecular complexity index is 1300. The van der Waals surface area contributed by atoms with Gasteiger partial charge in [-0.15, -0.1) is 11.3 Å². The quantitative estimate of drug-likeness (QED) is 0.376. The second-order valence-corrected chi connectivity index (χ2v) is 8.64. The Balaban J connectivity index is 1.62. The van der Waals surface area contributed by atoms with Crippen LogP contribution in [-0.4, -0.2) is 47.7 Å². The Kier molecular flexibility index (Phi) is 7.05. The van der Waals surface area contributed by atoms with Crippen LogP contribution < -0.4 is 15.6 Å². The van der Waals surface area contributed by atoms with Crippen LogP contribution in [0.4, 0.5) is 10.1 Å². The lowest BCUT2D eigenvalue weighted by Gasteiger charge is -2.19. The van der Waals surface area contributed by atoms with Crippen molar-refractivity contribution in [2.75, 3.05) is 38.6 Å². The molecule has 0 atom stereocenters. The van der Waals surface area contributed by atoms with E-state index in [1.807, 2.05) is 24.3 Å². The van der Waals surface area contributed by atoms with Crippen molar-refractivity contribution in [1.82, 2.24) is 14.5 Å². The fraction of sp³-hybridized carbons (Fsp3) is 0.280. The first-order chi connectivity index (χ1) is 16.0. The van der Waals surface area contributed by atoms with Crippen LogP contribution >= 0.6 is 11.3 Å². The van der Waals surface area contributed by atoms with E-state index < -0.39 is 0 Å². The molecule has 6 nitrogen and oxygen atoms in total. The summed E-state index contributed by atoms with van der Waals surface area (Å²) >= 11 is 1.36. The van der Waals surface area contributed by atoms with Crippen LogP contribution in [0, 0.1) is 5.82 Å². The summed E-state index contributed by atoms with van der Waals surface area (Å²) < 4.78 is 20.9. The monoisotopic (exact) mass is 466 g/mol. The van der Waals surface area contributed by atoms with E-state index in [1.54, 1.807) is 19.2 Å². The van der Waals surface area contributed by atoms with E-state index in [0.29, 0.717) is 21.7 Å². The van der Waals surface area contributed by atoms with Gasteiger partial charge in [-0.1, -0.05) is 26.0 Å². The zero-order valence-corrected chi connectivity index (χ0v) is 19.8. The molecule has 0 saturated carbocycles. The second kappa shape index (κ2) is 10.1. The minimum atomic E-state index is -0.291. The molecule has 2 aromatic heterocycles. The number of hydrogen-bond acceptors (Lipinski definition) is 6. The number of likely N-dealkylation sites (N-methyl/N-ethyl adjacent to an activating group) is 1. The Labute approximate surface area is 196 Å². The zero-order valence-electron chi connectivity index (χ0n) is 19.0. The summed E-state index contributed by atoms with van der Waals surface area (Å²) in [5.74, 6) is 0.373. The maximum Gasteiger partial charge on any atom is 0.275 e. The van der Waals surface area contributed by atoms with Crippen molar-refractivity contribution in [2.24, 2.45) is 0 Å². The lowest BCUT2D eigenvalue weighted by molar-refractivity contribution is 0.316. The van der Waals surface area contributed by atoms with Crippen molar-refractivity contribution in [3.05, 3.63) is 71.0 Å². The molecule has 0 saturated heterocycles. The first-order valence-corrected chi connectivity index (χ1v) is 11.8. The maximum absolute atomic E-state index is 13.3. The third-order valence-corrected chi connectivity index (χ3v) is 6.83. The van der Waals surface area contributed by atoms with Gasteiger partial charge in [-0.2, -0.15) is 0 Å². The highest BCUT2D eigenvalue weighted by atomic mass is 32.1. The summed E-state index contributed by atoms with van der Waals surface area (Å²) in [6, 6.07) is 13.7. The van der Waals surface area contributed by atoms with Gasteiger partial charge in [0.2, 0.25) is 0 Å². The number of methoxy groups -OCH3 is 1. The Morgan fingerprint density at radius 2 is 1.88 bits per heavy atom. The molecular formula is C25H27FN4O2S. The van der Waals surface area contributed by atoms with Gasteiger partial charge in [0.25, 0.3) is 5.56 Å². The number of ether oxygens (including phenoxy) is 1. The Morgan fingerprint density at radius 1 is 1.12 bits per heavy atom. The number of anilines is 1. The molecule has 4 aromatic rings. The molecule has 0 aliphatic heterocycles. The molecule has 33 heavy (non-hydrogen) atoms. The summed E-state index contributed by atoms with van der Waals surface area (Å²) in [6.45, 7) is 8.06. The van der Waals surface area contributed by atoms with Gasteiger partial charge in [0.1, 0.15) is 22.6 Å². The highest BCUT2D eigenvalue weighted by Gasteiger charge is 2.13. The fourth-order valence-corrected chi connectivity index (χ4v) is 4.76. The standard InChI is InChI=1S/C25H27FN4O2S/c1-4-29(5-2)13-12-27-20-11-10-19(14-22(20)32-3)30-16-28-21-15-23(33-24(21)25(30)31)17-6-8-18(26)9-7-17/h6-11,14-16,27H,4-5,12-13H2,1-3H3. The van der Waals surface area contributed by atoms with E-state index >= 15 is 0 Å². The average molecular weight is 467 g/mol. The number of aromatic nitrogens is 2. The van der Waals surface area contributed by atoms with Crippen molar-refractivity contribution < 1.29 is 9.13 Å². The van der Waals surface area contributed by atoms with Gasteiger partial charge in [-0.3, -0.25) is 9.36 Å². The fourth-order valence-electron chi connectivity index (χ4n) is 3.72. The molecule has 8 heteroatoms. The van der Waals surface area contributed by atoms with Crippen LogP contribution in [0.15, 0.2) is 59.7 Å². The molecule has 0 aliphatic rings. The molecule has 172 valence electrons. The number of thiophene rings is 1. The molecule has 4 rings (SSSR count). The molecule has 0 radical (unpaired) electrons. The maximum atomic E-state index is 13.3. The van der Waals surface area contributed by atoms with Crippen LogP contribution in [0.25, 0.3) is 26.3 Å². The number of fused-ring (bicyclic) bond motifs is 1. The molecule has 0 aliphatic carbocycles. The zero-order chi connectivity index (χ0) is 23.4. The van der Waals surface area contributed by atoms with Gasteiger partial charge < -0.3 is 15.0 Å². The normalized spacial score (nSPS) is 11.3. The first kappa shape index (κ1) is 22.9. The summed E-state index contributed by atoms with van der Waals surface area (Å²) in [5.41, 5.74) is 2.89. The number of benzene rings is 2. The second-order valence-electron chi connectivity index (χ2n) is 7.59. The molecule has 0 bridgehead atoms. The minimum absolute atomic E-state index is 0.150. The van der Waals surface area contributed by atoms with Gasteiger partial charge >= 0.3 is 0 Å². The average Bonchev–Trinajstić information content (AvgIpc) is 3.28. The van der Waals surface area contributed by atoms with Crippen LogP contribution in [0.5, 0.6) is 5.75 Å².